The molecule has 2 unspecified atom stereocenters. The zero-order valence-corrected chi connectivity index (χ0v) is 17.1. The molecule has 1 saturated carbocycles. The summed E-state index contributed by atoms with van der Waals surface area (Å²) in [6.07, 6.45) is 2.06. The molecule has 2 atom stereocenters. The zero-order valence-electron chi connectivity index (χ0n) is 16.3. The van der Waals surface area contributed by atoms with Crippen LogP contribution in [0, 0.1) is 17.6 Å². The fourth-order valence-electron chi connectivity index (χ4n) is 3.64. The molecule has 1 aliphatic carbocycles. The highest BCUT2D eigenvalue weighted by Gasteiger charge is 2.44. The van der Waals surface area contributed by atoms with E-state index in [0.717, 1.165) is 25.1 Å². The zero-order chi connectivity index (χ0) is 21.5. The normalized spacial score (nSPS) is 22.4. The Morgan fingerprint density at radius 3 is 2.50 bits per heavy atom. The highest BCUT2D eigenvalue weighted by atomic mass is 32.2. The molecule has 0 spiro atoms. The molecule has 2 aromatic carbocycles. The Hall–Kier alpha value is -2.81. The van der Waals surface area contributed by atoms with Crippen LogP contribution < -0.4 is 5.32 Å². The van der Waals surface area contributed by atoms with E-state index in [0.29, 0.717) is 29.9 Å². The number of rotatable bonds is 5. The smallest absolute Gasteiger partial charge is 0.283 e. The van der Waals surface area contributed by atoms with Gasteiger partial charge in [-0.1, -0.05) is 6.07 Å². The molecule has 1 N–H and O–H groups in total. The van der Waals surface area contributed by atoms with Crippen molar-refractivity contribution in [3.63, 3.8) is 0 Å². The van der Waals surface area contributed by atoms with Crippen molar-refractivity contribution in [2.75, 3.05) is 18.9 Å². The van der Waals surface area contributed by atoms with Crippen molar-refractivity contribution < 1.29 is 22.0 Å². The summed E-state index contributed by atoms with van der Waals surface area (Å²) in [5.74, 6) is -2.03. The Kier molecular flexibility index (Phi) is 5.31. The van der Waals surface area contributed by atoms with Crippen molar-refractivity contribution in [1.82, 2.24) is 4.90 Å². The quantitative estimate of drug-likeness (QED) is 0.783. The number of amidine groups is 1. The average molecular weight is 433 g/mol. The number of sulfonamides is 1. The van der Waals surface area contributed by atoms with Gasteiger partial charge < -0.3 is 10.2 Å². The average Bonchev–Trinajstić information content (AvgIpc) is 3.42. The first kappa shape index (κ1) is 20.5. The molecule has 4 rings (SSSR count). The number of carbonyl (C=O) groups is 1. The van der Waals surface area contributed by atoms with Crippen LogP contribution in [0.5, 0.6) is 0 Å². The Morgan fingerprint density at radius 2 is 1.87 bits per heavy atom. The van der Waals surface area contributed by atoms with E-state index in [4.69, 9.17) is 0 Å². The van der Waals surface area contributed by atoms with Crippen LogP contribution in [0.2, 0.25) is 0 Å². The van der Waals surface area contributed by atoms with E-state index in [9.17, 15) is 22.0 Å². The molecular formula is C21H21F2N3O3S. The first-order valence-electron chi connectivity index (χ1n) is 9.65. The van der Waals surface area contributed by atoms with E-state index in [2.05, 4.69) is 9.71 Å². The molecule has 1 saturated heterocycles. The summed E-state index contributed by atoms with van der Waals surface area (Å²) >= 11 is 0. The first-order valence-corrected chi connectivity index (χ1v) is 11.1. The van der Waals surface area contributed by atoms with Gasteiger partial charge in [-0.3, -0.25) is 4.79 Å². The van der Waals surface area contributed by atoms with Crippen molar-refractivity contribution in [1.29, 1.82) is 0 Å². The number of nitrogens with one attached hydrogen (secondary N) is 1. The minimum Gasteiger partial charge on any atom is -0.362 e. The highest BCUT2D eigenvalue weighted by Crippen LogP contribution is 2.48. The molecule has 0 radical (unpaired) electrons. The van der Waals surface area contributed by atoms with E-state index in [1.54, 1.807) is 0 Å². The third-order valence-corrected chi connectivity index (χ3v) is 6.80. The molecule has 1 amide bonds. The van der Waals surface area contributed by atoms with Crippen LogP contribution in [0.1, 0.15) is 30.7 Å². The topological polar surface area (TPSA) is 78.8 Å². The Bertz CT molecular complexity index is 1120. The fourth-order valence-corrected chi connectivity index (χ4v) is 4.74. The van der Waals surface area contributed by atoms with E-state index in [-0.39, 0.29) is 22.6 Å². The summed E-state index contributed by atoms with van der Waals surface area (Å²) in [5.41, 5.74) is 1.05. The van der Waals surface area contributed by atoms with E-state index < -0.39 is 21.7 Å². The second kappa shape index (κ2) is 7.79. The number of halogens is 2. The van der Waals surface area contributed by atoms with Crippen molar-refractivity contribution >= 4 is 27.5 Å². The van der Waals surface area contributed by atoms with Crippen LogP contribution in [0.4, 0.5) is 14.5 Å². The minimum atomic E-state index is -3.81. The van der Waals surface area contributed by atoms with Crippen LogP contribution >= 0.6 is 0 Å². The summed E-state index contributed by atoms with van der Waals surface area (Å²) in [7, 11) is -2.00. The van der Waals surface area contributed by atoms with Gasteiger partial charge in [0.1, 0.15) is 5.84 Å². The van der Waals surface area contributed by atoms with Crippen LogP contribution in [-0.2, 0) is 14.8 Å². The Balaban J connectivity index is 1.40. The van der Waals surface area contributed by atoms with E-state index in [1.807, 2.05) is 11.9 Å². The molecule has 2 fully saturated rings. The number of nitrogens with zero attached hydrogens (tertiary/aromatic N) is 2. The Morgan fingerprint density at radius 1 is 1.13 bits per heavy atom. The summed E-state index contributed by atoms with van der Waals surface area (Å²) in [5, 5.41) is 2.74. The van der Waals surface area contributed by atoms with E-state index in [1.165, 1.54) is 30.3 Å². The van der Waals surface area contributed by atoms with Crippen LogP contribution in [0.25, 0.3) is 0 Å². The van der Waals surface area contributed by atoms with Gasteiger partial charge in [0.15, 0.2) is 11.6 Å². The number of benzene rings is 2. The lowest BCUT2D eigenvalue weighted by Gasteiger charge is -2.11. The molecular weight excluding hydrogens is 412 g/mol. The fraction of sp³-hybridized carbons (Fsp3) is 0.333. The van der Waals surface area contributed by atoms with Gasteiger partial charge in [0.05, 0.1) is 4.90 Å². The van der Waals surface area contributed by atoms with Gasteiger partial charge in [-0.25, -0.2) is 8.78 Å². The van der Waals surface area contributed by atoms with Crippen LogP contribution in [0.3, 0.4) is 0 Å². The van der Waals surface area contributed by atoms with Gasteiger partial charge in [-0.05, 0) is 60.7 Å². The van der Waals surface area contributed by atoms with Crippen molar-refractivity contribution in [2.45, 2.75) is 30.1 Å². The van der Waals surface area contributed by atoms with Gasteiger partial charge in [0.2, 0.25) is 5.91 Å². The third-order valence-electron chi connectivity index (χ3n) is 5.48. The van der Waals surface area contributed by atoms with Crippen molar-refractivity contribution in [3.05, 3.63) is 59.7 Å². The molecule has 1 aliphatic heterocycles. The monoisotopic (exact) mass is 433 g/mol. The maximum atomic E-state index is 13.4. The molecule has 158 valence electrons. The molecule has 1 heterocycles. The van der Waals surface area contributed by atoms with Crippen molar-refractivity contribution in [3.8, 4) is 0 Å². The molecule has 30 heavy (non-hydrogen) atoms. The predicted octanol–water partition coefficient (Wildman–Crippen LogP) is 3.52. The van der Waals surface area contributed by atoms with Crippen molar-refractivity contribution in [2.24, 2.45) is 10.3 Å². The lowest BCUT2D eigenvalue weighted by Crippen LogP contribution is -2.20. The van der Waals surface area contributed by atoms with Crippen LogP contribution in [0.15, 0.2) is 51.8 Å². The predicted molar refractivity (Wildman–Crippen MR) is 109 cm³/mol. The summed E-state index contributed by atoms with van der Waals surface area (Å²) in [4.78, 5) is 14.3. The molecule has 6 nitrogen and oxygen atoms in total. The van der Waals surface area contributed by atoms with Gasteiger partial charge in [0, 0.05) is 31.6 Å². The van der Waals surface area contributed by atoms with Crippen LogP contribution in [-0.4, -0.2) is 38.7 Å². The first-order chi connectivity index (χ1) is 14.2. The summed E-state index contributed by atoms with van der Waals surface area (Å²) in [6.45, 7) is 0.784. The second-order valence-corrected chi connectivity index (χ2v) is 9.25. The molecule has 0 bridgehead atoms. The number of carbonyl (C=O) groups excluding carboxylic acids is 1. The standard InChI is InChI=1S/C21H21F2N3O3S/c1-26-10-2-3-20(26)25-30(28,29)15-7-5-14(6-8-15)24-21(27)17-12-16(17)13-4-9-18(22)19(23)11-13/h4-9,11,16-17H,2-3,10,12H2,1H3,(H,24,27). The highest BCUT2D eigenvalue weighted by molar-refractivity contribution is 7.90. The maximum absolute atomic E-state index is 13.4. The second-order valence-electron chi connectivity index (χ2n) is 7.64. The summed E-state index contributed by atoms with van der Waals surface area (Å²) in [6, 6.07) is 9.50. The van der Waals surface area contributed by atoms with Gasteiger partial charge in [-0.2, -0.15) is 8.42 Å². The summed E-state index contributed by atoms with van der Waals surface area (Å²) < 4.78 is 55.3. The largest absolute Gasteiger partial charge is 0.362 e. The van der Waals surface area contributed by atoms with Gasteiger partial charge >= 0.3 is 0 Å². The number of anilines is 1. The van der Waals surface area contributed by atoms with E-state index >= 15 is 0 Å². The Labute approximate surface area is 173 Å². The number of hydrogen-bond acceptors (Lipinski definition) is 3. The number of amides is 1. The lowest BCUT2D eigenvalue weighted by atomic mass is 10.1. The SMILES string of the molecule is CN1CCCC1=NS(=O)(=O)c1ccc(NC(=O)C2CC2c2ccc(F)c(F)c2)cc1. The molecule has 0 aromatic heterocycles. The van der Waals surface area contributed by atoms with Gasteiger partial charge in [0.25, 0.3) is 10.0 Å². The number of hydrogen-bond donors (Lipinski definition) is 1. The molecule has 9 heteroatoms. The lowest BCUT2D eigenvalue weighted by molar-refractivity contribution is -0.117. The minimum absolute atomic E-state index is 0.0550. The molecule has 2 aromatic rings. The number of likely N-dealkylation sites (tertiary alicyclic amines) is 1. The van der Waals surface area contributed by atoms with Gasteiger partial charge in [-0.15, -0.1) is 4.40 Å². The molecule has 2 aliphatic rings. The third kappa shape index (κ3) is 4.21. The maximum Gasteiger partial charge on any atom is 0.283 e.